The molecule has 6 heteroatoms. The molecule has 0 unspecified atom stereocenters. The molecule has 0 fully saturated rings. The topological polar surface area (TPSA) is 89.9 Å². The van der Waals surface area contributed by atoms with Gasteiger partial charge in [-0.15, -0.1) is 10.2 Å². The van der Waals surface area contributed by atoms with Crippen molar-refractivity contribution >= 4 is 22.7 Å². The number of rotatable bonds is 4. The van der Waals surface area contributed by atoms with Crippen molar-refractivity contribution < 1.29 is 10.2 Å². The van der Waals surface area contributed by atoms with Crippen LogP contribution in [0, 0.1) is 27.7 Å². The van der Waals surface area contributed by atoms with E-state index in [1.165, 1.54) is 12.1 Å². The molecule has 3 rings (SSSR count). The van der Waals surface area contributed by atoms with Gasteiger partial charge in [0.25, 0.3) is 0 Å². The number of benzene rings is 3. The molecular formula is C22H22N4O2. The molecule has 142 valence electrons. The Bertz CT molecular complexity index is 1010. The molecule has 0 aliphatic carbocycles. The van der Waals surface area contributed by atoms with Gasteiger partial charge in [-0.3, -0.25) is 0 Å². The van der Waals surface area contributed by atoms with Crippen LogP contribution in [0.5, 0.6) is 11.5 Å². The number of nitrogens with zero attached hydrogens (tertiary/aromatic N) is 4. The van der Waals surface area contributed by atoms with Crippen LogP contribution in [-0.2, 0) is 0 Å². The van der Waals surface area contributed by atoms with E-state index in [4.69, 9.17) is 0 Å². The SMILES string of the molecule is Cc1ccc(N=Nc2cc(N=Nc3ccc(C)cc3C)c(O)cc2O)c(C)c1. The van der Waals surface area contributed by atoms with E-state index in [-0.39, 0.29) is 22.9 Å². The maximum Gasteiger partial charge on any atom is 0.146 e. The molecule has 2 N–H and O–H groups in total. The Balaban J connectivity index is 1.92. The average molecular weight is 374 g/mol. The number of azo groups is 2. The van der Waals surface area contributed by atoms with Crippen LogP contribution in [0.4, 0.5) is 22.7 Å². The lowest BCUT2D eigenvalue weighted by atomic mass is 10.1. The van der Waals surface area contributed by atoms with Gasteiger partial charge in [-0.25, -0.2) is 0 Å². The smallest absolute Gasteiger partial charge is 0.146 e. The highest BCUT2D eigenvalue weighted by Crippen LogP contribution is 2.40. The average Bonchev–Trinajstić information content (AvgIpc) is 2.62. The van der Waals surface area contributed by atoms with Crippen molar-refractivity contribution in [3.63, 3.8) is 0 Å². The summed E-state index contributed by atoms with van der Waals surface area (Å²) in [5.41, 5.74) is 6.05. The Kier molecular flexibility index (Phi) is 5.49. The Morgan fingerprint density at radius 2 is 0.893 bits per heavy atom. The first kappa shape index (κ1) is 19.2. The normalized spacial score (nSPS) is 11.6. The zero-order chi connectivity index (χ0) is 20.3. The Hall–Kier alpha value is -3.54. The van der Waals surface area contributed by atoms with Crippen LogP contribution in [0.15, 0.2) is 69.0 Å². The highest BCUT2D eigenvalue weighted by atomic mass is 16.3. The van der Waals surface area contributed by atoms with Gasteiger partial charge in [0.1, 0.15) is 22.9 Å². The second-order valence-electron chi connectivity index (χ2n) is 6.81. The van der Waals surface area contributed by atoms with Gasteiger partial charge < -0.3 is 10.2 Å². The van der Waals surface area contributed by atoms with Crippen molar-refractivity contribution in [1.82, 2.24) is 0 Å². The Labute approximate surface area is 163 Å². The van der Waals surface area contributed by atoms with Crippen LogP contribution in [0.3, 0.4) is 0 Å². The summed E-state index contributed by atoms with van der Waals surface area (Å²) in [6, 6.07) is 14.3. The maximum absolute atomic E-state index is 10.1. The van der Waals surface area contributed by atoms with Crippen LogP contribution in [0.2, 0.25) is 0 Å². The minimum atomic E-state index is -0.184. The monoisotopic (exact) mass is 374 g/mol. The van der Waals surface area contributed by atoms with Gasteiger partial charge in [-0.1, -0.05) is 35.4 Å². The number of aryl methyl sites for hydroxylation is 4. The second kappa shape index (κ2) is 8.00. The maximum atomic E-state index is 10.1. The highest BCUT2D eigenvalue weighted by Gasteiger charge is 2.09. The van der Waals surface area contributed by atoms with Crippen LogP contribution in [-0.4, -0.2) is 10.2 Å². The van der Waals surface area contributed by atoms with Gasteiger partial charge in [0.05, 0.1) is 11.4 Å². The third kappa shape index (κ3) is 4.40. The number of phenolic OH excluding ortho intramolecular Hbond substituents is 2. The summed E-state index contributed by atoms with van der Waals surface area (Å²) in [5, 5.41) is 36.8. The molecule has 0 saturated carbocycles. The zero-order valence-corrected chi connectivity index (χ0v) is 16.3. The molecule has 0 atom stereocenters. The third-order valence-corrected chi connectivity index (χ3v) is 4.31. The number of hydrogen-bond acceptors (Lipinski definition) is 6. The van der Waals surface area contributed by atoms with E-state index >= 15 is 0 Å². The first-order chi connectivity index (χ1) is 13.3. The standard InChI is InChI=1S/C22H22N4O2/c1-13-5-7-17(15(3)9-13)23-25-19-11-20(22(28)12-21(19)27)26-24-18-8-6-14(2)10-16(18)4/h5-12,27-28H,1-4H3. The van der Waals surface area contributed by atoms with E-state index in [0.717, 1.165) is 22.3 Å². The molecule has 0 radical (unpaired) electrons. The molecule has 3 aromatic rings. The summed E-state index contributed by atoms with van der Waals surface area (Å²) in [7, 11) is 0. The molecule has 6 nitrogen and oxygen atoms in total. The summed E-state index contributed by atoms with van der Waals surface area (Å²) < 4.78 is 0. The summed E-state index contributed by atoms with van der Waals surface area (Å²) >= 11 is 0. The lowest BCUT2D eigenvalue weighted by molar-refractivity contribution is 0.452. The molecule has 0 aliphatic heterocycles. The van der Waals surface area contributed by atoms with Crippen molar-refractivity contribution in [2.45, 2.75) is 27.7 Å². The lowest BCUT2D eigenvalue weighted by Crippen LogP contribution is -1.77. The highest BCUT2D eigenvalue weighted by molar-refractivity contribution is 5.66. The number of phenols is 2. The van der Waals surface area contributed by atoms with E-state index in [1.807, 2.05) is 64.1 Å². The third-order valence-electron chi connectivity index (χ3n) is 4.31. The molecule has 0 amide bonds. The van der Waals surface area contributed by atoms with Crippen molar-refractivity contribution in [2.24, 2.45) is 20.5 Å². The largest absolute Gasteiger partial charge is 0.505 e. The van der Waals surface area contributed by atoms with Crippen LogP contribution in [0.25, 0.3) is 0 Å². The van der Waals surface area contributed by atoms with Gasteiger partial charge in [-0.05, 0) is 51.0 Å². The van der Waals surface area contributed by atoms with Gasteiger partial charge in [0.15, 0.2) is 0 Å². The summed E-state index contributed by atoms with van der Waals surface area (Å²) in [4.78, 5) is 0. The fraction of sp³-hybridized carbons (Fsp3) is 0.182. The molecule has 0 saturated heterocycles. The number of aromatic hydroxyl groups is 2. The second-order valence-corrected chi connectivity index (χ2v) is 6.81. The van der Waals surface area contributed by atoms with Crippen LogP contribution < -0.4 is 0 Å². The zero-order valence-electron chi connectivity index (χ0n) is 16.3. The van der Waals surface area contributed by atoms with E-state index < -0.39 is 0 Å². The number of hydrogen-bond donors (Lipinski definition) is 2. The van der Waals surface area contributed by atoms with Crippen molar-refractivity contribution in [1.29, 1.82) is 0 Å². The minimum absolute atomic E-state index is 0.184. The minimum Gasteiger partial charge on any atom is -0.505 e. The first-order valence-electron chi connectivity index (χ1n) is 8.87. The van der Waals surface area contributed by atoms with E-state index in [1.54, 1.807) is 0 Å². The Morgan fingerprint density at radius 1 is 0.500 bits per heavy atom. The molecular weight excluding hydrogens is 352 g/mol. The first-order valence-corrected chi connectivity index (χ1v) is 8.87. The van der Waals surface area contributed by atoms with Gasteiger partial charge in [0, 0.05) is 12.1 Å². The van der Waals surface area contributed by atoms with E-state index in [2.05, 4.69) is 20.5 Å². The van der Waals surface area contributed by atoms with Crippen LogP contribution >= 0.6 is 0 Å². The molecule has 0 bridgehead atoms. The van der Waals surface area contributed by atoms with Gasteiger partial charge in [-0.2, -0.15) is 10.2 Å². The molecule has 0 spiro atoms. The quantitative estimate of drug-likeness (QED) is 0.474. The van der Waals surface area contributed by atoms with Crippen LogP contribution in [0.1, 0.15) is 22.3 Å². The summed E-state index contributed by atoms with van der Waals surface area (Å²) in [6.45, 7) is 7.91. The van der Waals surface area contributed by atoms with Gasteiger partial charge >= 0.3 is 0 Å². The molecule has 0 aliphatic rings. The van der Waals surface area contributed by atoms with Crippen molar-refractivity contribution in [3.05, 3.63) is 70.8 Å². The predicted octanol–water partition coefficient (Wildman–Crippen LogP) is 7.16. The molecule has 3 aromatic carbocycles. The van der Waals surface area contributed by atoms with E-state index in [9.17, 15) is 10.2 Å². The Morgan fingerprint density at radius 3 is 1.29 bits per heavy atom. The van der Waals surface area contributed by atoms with Crippen molar-refractivity contribution in [2.75, 3.05) is 0 Å². The summed E-state index contributed by atoms with van der Waals surface area (Å²) in [5.74, 6) is -0.368. The summed E-state index contributed by atoms with van der Waals surface area (Å²) in [6.07, 6.45) is 0. The van der Waals surface area contributed by atoms with Crippen molar-refractivity contribution in [3.8, 4) is 11.5 Å². The van der Waals surface area contributed by atoms with E-state index in [0.29, 0.717) is 11.4 Å². The molecule has 0 aromatic heterocycles. The fourth-order valence-corrected chi connectivity index (χ4v) is 2.77. The molecule has 0 heterocycles. The lowest BCUT2D eigenvalue weighted by Gasteiger charge is -2.04. The predicted molar refractivity (Wildman–Crippen MR) is 110 cm³/mol. The fourth-order valence-electron chi connectivity index (χ4n) is 2.77. The van der Waals surface area contributed by atoms with Gasteiger partial charge in [0.2, 0.25) is 0 Å². The molecule has 28 heavy (non-hydrogen) atoms.